The van der Waals surface area contributed by atoms with Gasteiger partial charge in [0.05, 0.1) is 30.3 Å². The van der Waals surface area contributed by atoms with E-state index in [1.165, 1.54) is 19.4 Å². The molecule has 0 saturated carbocycles. The smallest absolute Gasteiger partial charge is 0.331 e. The second-order valence-corrected chi connectivity index (χ2v) is 9.28. The lowest BCUT2D eigenvalue weighted by atomic mass is 9.88. The third kappa shape index (κ3) is 6.15. The van der Waals surface area contributed by atoms with Gasteiger partial charge in [0.15, 0.2) is 5.17 Å². The summed E-state index contributed by atoms with van der Waals surface area (Å²) in [6, 6.07) is 12.9. The minimum absolute atomic E-state index is 0.0146. The second-order valence-electron chi connectivity index (χ2n) is 8.25. The number of amidine groups is 1. The molecule has 4 rings (SSSR count). The van der Waals surface area contributed by atoms with Crippen LogP contribution in [0.25, 0.3) is 0 Å². The minimum Gasteiger partial charge on any atom is -0.496 e. The molecule has 12 heteroatoms. The van der Waals surface area contributed by atoms with E-state index in [1.54, 1.807) is 19.2 Å². The molecule has 2 fully saturated rings. The lowest BCUT2D eigenvalue weighted by molar-refractivity contribution is -0.384. The SMILES string of the molecule is COC(=O)/C=C1/S/C(=N\N=Cc2ccc(N3CCC(c4ccccc4OC)CC3)c([N+](=O)[O-])c2)NC1=O. The second kappa shape index (κ2) is 11.7. The highest BCUT2D eigenvalue weighted by Crippen LogP contribution is 2.37. The molecule has 0 atom stereocenters. The highest BCUT2D eigenvalue weighted by atomic mass is 32.2. The highest BCUT2D eigenvalue weighted by molar-refractivity contribution is 8.18. The van der Waals surface area contributed by atoms with E-state index in [2.05, 4.69) is 26.3 Å². The number of nitro benzene ring substituents is 1. The van der Waals surface area contributed by atoms with Crippen molar-refractivity contribution in [1.29, 1.82) is 0 Å². The summed E-state index contributed by atoms with van der Waals surface area (Å²) in [5, 5.41) is 22.4. The van der Waals surface area contributed by atoms with E-state index < -0.39 is 16.8 Å². The fraction of sp³-hybridized carbons (Fsp3) is 0.280. The van der Waals surface area contributed by atoms with Crippen LogP contribution in [-0.2, 0) is 14.3 Å². The number of methoxy groups -OCH3 is 2. The Morgan fingerprint density at radius 2 is 1.97 bits per heavy atom. The number of nitrogens with one attached hydrogen (secondary N) is 1. The number of nitrogens with zero attached hydrogens (tertiary/aromatic N) is 4. The maximum atomic E-state index is 11.9. The largest absolute Gasteiger partial charge is 0.496 e. The molecule has 11 nitrogen and oxygen atoms in total. The number of ether oxygens (including phenoxy) is 2. The standard InChI is InChI=1S/C25H25N5O6S/c1-35-21-6-4-3-5-18(21)17-9-11-29(12-10-17)19-8-7-16(13-20(19)30(33)34)15-26-28-25-27-24(32)22(37-25)14-23(31)36-2/h3-8,13-15,17H,9-12H2,1-2H3,(H,27,28,32)/b22-14+,26-15?. The Morgan fingerprint density at radius 1 is 1.22 bits per heavy atom. The molecule has 37 heavy (non-hydrogen) atoms. The third-order valence-electron chi connectivity index (χ3n) is 6.07. The fourth-order valence-electron chi connectivity index (χ4n) is 4.26. The van der Waals surface area contributed by atoms with Crippen molar-refractivity contribution in [1.82, 2.24) is 5.32 Å². The Bertz CT molecular complexity index is 1300. The van der Waals surface area contributed by atoms with Crippen molar-refractivity contribution < 1.29 is 24.0 Å². The molecule has 0 aliphatic carbocycles. The Morgan fingerprint density at radius 3 is 2.68 bits per heavy atom. The Hall–Kier alpha value is -4.19. The van der Waals surface area contributed by atoms with Crippen molar-refractivity contribution in [3.63, 3.8) is 0 Å². The quantitative estimate of drug-likeness (QED) is 0.191. The molecule has 2 aromatic rings. The number of hydrogen-bond donors (Lipinski definition) is 1. The van der Waals surface area contributed by atoms with Gasteiger partial charge in [0.2, 0.25) is 0 Å². The summed E-state index contributed by atoms with van der Waals surface area (Å²) >= 11 is 0.941. The first-order valence-corrected chi connectivity index (χ1v) is 12.3. The van der Waals surface area contributed by atoms with Gasteiger partial charge in [-0.3, -0.25) is 20.2 Å². The number of rotatable bonds is 7. The number of thioether (sulfide) groups is 1. The monoisotopic (exact) mass is 523 g/mol. The zero-order valence-electron chi connectivity index (χ0n) is 20.2. The summed E-state index contributed by atoms with van der Waals surface area (Å²) in [5.74, 6) is 0.0527. The predicted molar refractivity (Wildman–Crippen MR) is 141 cm³/mol. The molecule has 1 N–H and O–H groups in total. The van der Waals surface area contributed by atoms with E-state index in [0.29, 0.717) is 30.3 Å². The van der Waals surface area contributed by atoms with E-state index in [9.17, 15) is 19.7 Å². The minimum atomic E-state index is -0.654. The predicted octanol–water partition coefficient (Wildman–Crippen LogP) is 3.60. The van der Waals surface area contributed by atoms with Crippen molar-refractivity contribution in [3.05, 3.63) is 74.7 Å². The number of esters is 1. The summed E-state index contributed by atoms with van der Waals surface area (Å²) in [5.41, 5.74) is 2.20. The van der Waals surface area contributed by atoms with Crippen LogP contribution in [0.3, 0.4) is 0 Å². The molecule has 2 aliphatic heterocycles. The number of carbonyl (C=O) groups is 2. The topological polar surface area (TPSA) is 136 Å². The third-order valence-corrected chi connectivity index (χ3v) is 6.97. The molecule has 0 unspecified atom stereocenters. The van der Waals surface area contributed by atoms with Crippen LogP contribution >= 0.6 is 11.8 Å². The number of anilines is 1. The first-order chi connectivity index (χ1) is 17.9. The lowest BCUT2D eigenvalue weighted by Crippen LogP contribution is -2.33. The number of para-hydroxylation sites is 1. The first-order valence-electron chi connectivity index (χ1n) is 11.5. The maximum absolute atomic E-state index is 11.9. The maximum Gasteiger partial charge on any atom is 0.331 e. The molecular formula is C25H25N5O6S. The van der Waals surface area contributed by atoms with Crippen LogP contribution in [0.1, 0.15) is 29.9 Å². The number of benzene rings is 2. The van der Waals surface area contributed by atoms with Crippen molar-refractivity contribution >= 4 is 46.4 Å². The Kier molecular flexibility index (Phi) is 8.18. The van der Waals surface area contributed by atoms with E-state index in [-0.39, 0.29) is 15.8 Å². The van der Waals surface area contributed by atoms with E-state index >= 15 is 0 Å². The van der Waals surface area contributed by atoms with Crippen LogP contribution in [-0.4, -0.2) is 55.5 Å². The van der Waals surface area contributed by atoms with E-state index in [1.807, 2.05) is 23.1 Å². The highest BCUT2D eigenvalue weighted by Gasteiger charge is 2.27. The van der Waals surface area contributed by atoms with Crippen LogP contribution in [0.2, 0.25) is 0 Å². The van der Waals surface area contributed by atoms with Gasteiger partial charge in [0, 0.05) is 30.8 Å². The van der Waals surface area contributed by atoms with E-state index in [0.717, 1.165) is 42.0 Å². The number of carbonyl (C=O) groups excluding carboxylic acids is 2. The van der Waals surface area contributed by atoms with Gasteiger partial charge in [-0.2, -0.15) is 5.10 Å². The molecule has 0 bridgehead atoms. The number of nitro groups is 1. The van der Waals surface area contributed by atoms with Crippen molar-refractivity contribution in [2.75, 3.05) is 32.2 Å². The van der Waals surface area contributed by atoms with Crippen LogP contribution in [0.4, 0.5) is 11.4 Å². The fourth-order valence-corrected chi connectivity index (χ4v) is 5.00. The van der Waals surface area contributed by atoms with Gasteiger partial charge in [-0.25, -0.2) is 4.79 Å². The molecule has 0 radical (unpaired) electrons. The summed E-state index contributed by atoms with van der Waals surface area (Å²) in [7, 11) is 2.88. The van der Waals surface area contributed by atoms with E-state index in [4.69, 9.17) is 4.74 Å². The van der Waals surface area contributed by atoms with Gasteiger partial charge in [-0.1, -0.05) is 24.3 Å². The zero-order valence-corrected chi connectivity index (χ0v) is 21.1. The van der Waals surface area contributed by atoms with Crippen LogP contribution in [0, 0.1) is 10.1 Å². The van der Waals surface area contributed by atoms with Gasteiger partial charge >= 0.3 is 5.97 Å². The van der Waals surface area contributed by atoms with Gasteiger partial charge in [-0.15, -0.1) is 5.10 Å². The van der Waals surface area contributed by atoms with Crippen LogP contribution < -0.4 is 15.0 Å². The van der Waals surface area contributed by atoms with Crippen molar-refractivity contribution in [2.24, 2.45) is 10.2 Å². The van der Waals surface area contributed by atoms with Gasteiger partial charge in [-0.05, 0) is 48.2 Å². The van der Waals surface area contributed by atoms with Crippen LogP contribution in [0.15, 0.2) is 63.6 Å². The molecule has 192 valence electrons. The van der Waals surface area contributed by atoms with Gasteiger partial charge < -0.3 is 14.4 Å². The molecule has 2 aromatic carbocycles. The first kappa shape index (κ1) is 25.9. The molecule has 2 aliphatic rings. The molecule has 2 saturated heterocycles. The Labute approximate surface area is 217 Å². The Balaban J connectivity index is 1.44. The van der Waals surface area contributed by atoms with Crippen molar-refractivity contribution in [3.8, 4) is 5.75 Å². The number of hydrogen-bond acceptors (Lipinski definition) is 10. The lowest BCUT2D eigenvalue weighted by Gasteiger charge is -2.34. The molecular weight excluding hydrogens is 498 g/mol. The van der Waals surface area contributed by atoms with Gasteiger partial charge in [0.25, 0.3) is 11.6 Å². The average molecular weight is 524 g/mol. The summed E-state index contributed by atoms with van der Waals surface area (Å²) in [6.45, 7) is 1.37. The summed E-state index contributed by atoms with van der Waals surface area (Å²) in [4.78, 5) is 36.8. The molecule has 0 aromatic heterocycles. The van der Waals surface area contributed by atoms with Crippen molar-refractivity contribution in [2.45, 2.75) is 18.8 Å². The zero-order chi connectivity index (χ0) is 26.4. The summed E-state index contributed by atoms with van der Waals surface area (Å²) in [6.07, 6.45) is 4.14. The average Bonchev–Trinajstić information content (AvgIpc) is 3.26. The van der Waals surface area contributed by atoms with Gasteiger partial charge in [0.1, 0.15) is 11.4 Å². The van der Waals surface area contributed by atoms with Crippen LogP contribution in [0.5, 0.6) is 5.75 Å². The normalized spacial score (nSPS) is 18.4. The molecule has 1 amide bonds. The number of amides is 1. The summed E-state index contributed by atoms with van der Waals surface area (Å²) < 4.78 is 10.0. The molecule has 2 heterocycles. The molecule has 0 spiro atoms. The number of piperidine rings is 1.